The molecule has 0 bridgehead atoms. The van der Waals surface area contributed by atoms with E-state index in [1.165, 1.54) is 0 Å². The standard InChI is InChI=1S/C11H18N4O/c1-8-5-13-6-9(16-8)7-14-11-4-2-3-10(12)15-11/h2-4,8-9,13H,5-7H2,1H3,(H3,12,14,15)/t8-,9+/m1/s1. The normalized spacial score (nSPS) is 25.3. The molecule has 0 spiro atoms. The third-order valence-corrected chi connectivity index (χ3v) is 2.51. The Morgan fingerprint density at radius 3 is 3.19 bits per heavy atom. The molecule has 0 unspecified atom stereocenters. The molecule has 2 rings (SSSR count). The summed E-state index contributed by atoms with van der Waals surface area (Å²) in [6.45, 7) is 4.61. The van der Waals surface area contributed by atoms with E-state index in [0.717, 1.165) is 25.5 Å². The van der Waals surface area contributed by atoms with Gasteiger partial charge in [0.05, 0.1) is 12.2 Å². The van der Waals surface area contributed by atoms with Crippen LogP contribution in [-0.4, -0.2) is 36.8 Å². The van der Waals surface area contributed by atoms with Crippen LogP contribution in [0.4, 0.5) is 11.6 Å². The Bertz CT molecular complexity index is 345. The summed E-state index contributed by atoms with van der Waals surface area (Å²) in [5.74, 6) is 1.32. The van der Waals surface area contributed by atoms with Gasteiger partial charge in [0, 0.05) is 19.6 Å². The van der Waals surface area contributed by atoms with E-state index in [9.17, 15) is 0 Å². The van der Waals surface area contributed by atoms with E-state index in [1.807, 2.05) is 12.1 Å². The zero-order valence-electron chi connectivity index (χ0n) is 9.44. The number of nitrogen functional groups attached to an aromatic ring is 1. The highest BCUT2D eigenvalue weighted by Gasteiger charge is 2.18. The van der Waals surface area contributed by atoms with Crippen molar-refractivity contribution < 1.29 is 4.74 Å². The molecule has 4 N–H and O–H groups in total. The molecule has 1 aromatic heterocycles. The molecule has 16 heavy (non-hydrogen) atoms. The average Bonchev–Trinajstić information content (AvgIpc) is 2.27. The van der Waals surface area contributed by atoms with E-state index in [0.29, 0.717) is 5.82 Å². The van der Waals surface area contributed by atoms with Gasteiger partial charge in [0.25, 0.3) is 0 Å². The lowest BCUT2D eigenvalue weighted by molar-refractivity contribution is -0.0196. The van der Waals surface area contributed by atoms with E-state index in [-0.39, 0.29) is 12.2 Å². The molecule has 5 nitrogen and oxygen atoms in total. The average molecular weight is 222 g/mol. The van der Waals surface area contributed by atoms with Crippen LogP contribution in [0.3, 0.4) is 0 Å². The number of hydrogen-bond acceptors (Lipinski definition) is 5. The molecule has 0 aliphatic carbocycles. The van der Waals surface area contributed by atoms with E-state index >= 15 is 0 Å². The monoisotopic (exact) mass is 222 g/mol. The summed E-state index contributed by atoms with van der Waals surface area (Å²) >= 11 is 0. The van der Waals surface area contributed by atoms with Gasteiger partial charge in [-0.15, -0.1) is 0 Å². The lowest BCUT2D eigenvalue weighted by Crippen LogP contribution is -2.46. The number of pyridine rings is 1. The Kier molecular flexibility index (Phi) is 3.58. The number of rotatable bonds is 3. The predicted molar refractivity (Wildman–Crippen MR) is 64.3 cm³/mol. The minimum Gasteiger partial charge on any atom is -0.384 e. The SMILES string of the molecule is C[C@@H]1CNC[C@@H](CNc2cccc(N)n2)O1. The number of morpholine rings is 1. The molecule has 1 fully saturated rings. The number of ether oxygens (including phenoxy) is 1. The van der Waals surface area contributed by atoms with Crippen LogP contribution in [0.15, 0.2) is 18.2 Å². The fraction of sp³-hybridized carbons (Fsp3) is 0.545. The van der Waals surface area contributed by atoms with Crippen LogP contribution in [0.1, 0.15) is 6.92 Å². The topological polar surface area (TPSA) is 72.2 Å². The van der Waals surface area contributed by atoms with Crippen molar-refractivity contribution >= 4 is 11.6 Å². The maximum absolute atomic E-state index is 5.75. The maximum atomic E-state index is 5.75. The second-order valence-electron chi connectivity index (χ2n) is 4.06. The third kappa shape index (κ3) is 3.08. The highest BCUT2D eigenvalue weighted by atomic mass is 16.5. The van der Waals surface area contributed by atoms with Gasteiger partial charge in [0.2, 0.25) is 0 Å². The molecular formula is C11H18N4O. The molecule has 5 heteroatoms. The fourth-order valence-corrected chi connectivity index (χ4v) is 1.76. The van der Waals surface area contributed by atoms with Crippen LogP contribution in [0, 0.1) is 0 Å². The van der Waals surface area contributed by atoms with Gasteiger partial charge in [0.15, 0.2) is 0 Å². The number of aromatic nitrogens is 1. The molecule has 0 radical (unpaired) electrons. The first kappa shape index (κ1) is 11.2. The Hall–Kier alpha value is -1.33. The van der Waals surface area contributed by atoms with Gasteiger partial charge in [-0.3, -0.25) is 0 Å². The van der Waals surface area contributed by atoms with E-state index < -0.39 is 0 Å². The third-order valence-electron chi connectivity index (χ3n) is 2.51. The summed E-state index contributed by atoms with van der Waals surface area (Å²) in [6, 6.07) is 5.55. The highest BCUT2D eigenvalue weighted by molar-refractivity contribution is 5.42. The van der Waals surface area contributed by atoms with E-state index in [4.69, 9.17) is 10.5 Å². The molecule has 2 atom stereocenters. The van der Waals surface area contributed by atoms with Crippen molar-refractivity contribution in [2.75, 3.05) is 30.7 Å². The van der Waals surface area contributed by atoms with Gasteiger partial charge in [0.1, 0.15) is 11.6 Å². The summed E-state index contributed by atoms with van der Waals surface area (Å²) < 4.78 is 5.75. The van der Waals surface area contributed by atoms with Crippen molar-refractivity contribution in [2.45, 2.75) is 19.1 Å². The molecule has 1 aromatic rings. The van der Waals surface area contributed by atoms with Gasteiger partial charge in [-0.05, 0) is 19.1 Å². The summed E-state index contributed by atoms with van der Waals surface area (Å²) in [6.07, 6.45) is 0.460. The molecular weight excluding hydrogens is 204 g/mol. The minimum absolute atomic E-state index is 0.187. The largest absolute Gasteiger partial charge is 0.384 e. The van der Waals surface area contributed by atoms with Crippen LogP contribution in [0.25, 0.3) is 0 Å². The summed E-state index contributed by atoms with van der Waals surface area (Å²) in [5, 5.41) is 6.54. The first-order valence-electron chi connectivity index (χ1n) is 5.56. The predicted octanol–water partition coefficient (Wildman–Crippen LogP) is 0.453. The van der Waals surface area contributed by atoms with Gasteiger partial charge >= 0.3 is 0 Å². The van der Waals surface area contributed by atoms with E-state index in [2.05, 4.69) is 22.5 Å². The van der Waals surface area contributed by atoms with Crippen molar-refractivity contribution in [3.63, 3.8) is 0 Å². The first-order chi connectivity index (χ1) is 7.74. The van der Waals surface area contributed by atoms with E-state index in [1.54, 1.807) is 6.07 Å². The second kappa shape index (κ2) is 5.14. The second-order valence-corrected chi connectivity index (χ2v) is 4.06. The van der Waals surface area contributed by atoms with Crippen LogP contribution in [0.2, 0.25) is 0 Å². The molecule has 1 aliphatic heterocycles. The fourth-order valence-electron chi connectivity index (χ4n) is 1.76. The number of nitrogens with one attached hydrogen (secondary N) is 2. The number of hydrogen-bond donors (Lipinski definition) is 3. The first-order valence-corrected chi connectivity index (χ1v) is 5.56. The Balaban J connectivity index is 1.82. The maximum Gasteiger partial charge on any atom is 0.128 e. The zero-order valence-corrected chi connectivity index (χ0v) is 9.44. The van der Waals surface area contributed by atoms with Gasteiger partial charge in [-0.2, -0.15) is 0 Å². The molecule has 1 saturated heterocycles. The van der Waals surface area contributed by atoms with Gasteiger partial charge in [-0.1, -0.05) is 6.07 Å². The minimum atomic E-state index is 0.187. The van der Waals surface area contributed by atoms with Crippen LogP contribution >= 0.6 is 0 Å². The molecule has 0 aromatic carbocycles. The van der Waals surface area contributed by atoms with Gasteiger partial charge < -0.3 is 21.1 Å². The Morgan fingerprint density at radius 2 is 2.44 bits per heavy atom. The quantitative estimate of drug-likeness (QED) is 0.692. The highest BCUT2D eigenvalue weighted by Crippen LogP contribution is 2.08. The smallest absolute Gasteiger partial charge is 0.128 e. The molecule has 0 amide bonds. The molecule has 0 saturated carbocycles. The number of anilines is 2. The molecule has 1 aliphatic rings. The van der Waals surface area contributed by atoms with Crippen molar-refractivity contribution in [3.8, 4) is 0 Å². The zero-order chi connectivity index (χ0) is 11.4. The Morgan fingerprint density at radius 1 is 1.56 bits per heavy atom. The number of nitrogens with two attached hydrogens (primary N) is 1. The van der Waals surface area contributed by atoms with Crippen molar-refractivity contribution in [3.05, 3.63) is 18.2 Å². The van der Waals surface area contributed by atoms with Crippen molar-refractivity contribution in [2.24, 2.45) is 0 Å². The van der Waals surface area contributed by atoms with Crippen LogP contribution in [-0.2, 0) is 4.74 Å². The Labute approximate surface area is 95.4 Å². The lowest BCUT2D eigenvalue weighted by Gasteiger charge is -2.28. The van der Waals surface area contributed by atoms with Crippen molar-refractivity contribution in [1.29, 1.82) is 0 Å². The molecule has 88 valence electrons. The summed E-state index contributed by atoms with van der Waals surface area (Å²) in [5.41, 5.74) is 5.59. The number of nitrogens with zero attached hydrogens (tertiary/aromatic N) is 1. The lowest BCUT2D eigenvalue weighted by atomic mass is 10.2. The van der Waals surface area contributed by atoms with Crippen LogP contribution in [0.5, 0.6) is 0 Å². The van der Waals surface area contributed by atoms with Crippen LogP contribution < -0.4 is 16.4 Å². The summed E-state index contributed by atoms with van der Waals surface area (Å²) in [7, 11) is 0. The van der Waals surface area contributed by atoms with Gasteiger partial charge in [-0.25, -0.2) is 4.98 Å². The summed E-state index contributed by atoms with van der Waals surface area (Å²) in [4.78, 5) is 4.17. The van der Waals surface area contributed by atoms with Crippen molar-refractivity contribution in [1.82, 2.24) is 10.3 Å². The molecule has 2 heterocycles.